The van der Waals surface area contributed by atoms with Crippen LogP contribution in [0.1, 0.15) is 36.5 Å². The van der Waals surface area contributed by atoms with Crippen LogP contribution in [-0.2, 0) is 29.8 Å². The second kappa shape index (κ2) is 15.2. The summed E-state index contributed by atoms with van der Waals surface area (Å²) in [6.07, 6.45) is -3.32. The molecule has 0 spiro atoms. The Hall–Kier alpha value is -4.48. The minimum atomic E-state index is -4.62. The summed E-state index contributed by atoms with van der Waals surface area (Å²) in [5.41, 5.74) is 0.397. The van der Waals surface area contributed by atoms with Gasteiger partial charge in [0.05, 0.1) is 16.1 Å². The molecule has 6 rings (SSSR count). The number of benzene rings is 4. The molecule has 0 saturated carbocycles. The van der Waals surface area contributed by atoms with Gasteiger partial charge in [-0.3, -0.25) is 9.59 Å². The van der Waals surface area contributed by atoms with Crippen LogP contribution < -0.4 is 5.43 Å². The minimum absolute atomic E-state index is 0.00272. The summed E-state index contributed by atoms with van der Waals surface area (Å²) in [4.78, 5) is 31.5. The first kappa shape index (κ1) is 35.3. The number of piperidine rings is 1. The number of hydrogen-bond acceptors (Lipinski definition) is 4. The number of aromatic nitrogens is 1. The van der Waals surface area contributed by atoms with E-state index >= 15 is 0 Å². The van der Waals surface area contributed by atoms with Gasteiger partial charge in [-0.25, -0.2) is 8.78 Å². The van der Waals surface area contributed by atoms with E-state index < -0.39 is 23.4 Å². The normalized spacial score (nSPS) is 14.3. The molecule has 0 unspecified atom stereocenters. The predicted octanol–water partition coefficient (Wildman–Crippen LogP) is 8.77. The summed E-state index contributed by atoms with van der Waals surface area (Å²) in [6.45, 7) is 4.15. The Morgan fingerprint density at radius 1 is 0.900 bits per heavy atom. The third-order valence-corrected chi connectivity index (χ3v) is 10.4. The fraction of sp³-hybridized carbons (Fsp3) is 0.282. The number of para-hydroxylation sites is 1. The van der Waals surface area contributed by atoms with E-state index in [0.717, 1.165) is 43.5 Å². The standard InChI is InChI=1S/C39H36F5N3O2S/c1-2-45-19-17-29(18-20-45)46(23-26-15-16-30(27-9-4-3-5-10-27)32(21-26)39(42,43)44)36(49)24-47-34-14-7-6-12-31(34)35(48)22-37(47)50-25-28-11-8-13-33(40)38(28)41/h3-16,21-22,29H,2,17-20,23-25H2,1H3. The molecule has 1 aliphatic rings. The number of hydrogen-bond donors (Lipinski definition) is 0. The van der Waals surface area contributed by atoms with Gasteiger partial charge in [0.1, 0.15) is 6.54 Å². The lowest BCUT2D eigenvalue weighted by Crippen LogP contribution is -2.48. The maximum absolute atomic E-state index is 14.6. The molecule has 50 heavy (non-hydrogen) atoms. The average Bonchev–Trinajstić information content (AvgIpc) is 3.12. The second-order valence-electron chi connectivity index (χ2n) is 12.4. The van der Waals surface area contributed by atoms with E-state index in [2.05, 4.69) is 11.8 Å². The summed E-state index contributed by atoms with van der Waals surface area (Å²) < 4.78 is 73.5. The van der Waals surface area contributed by atoms with Crippen molar-refractivity contribution in [3.05, 3.63) is 136 Å². The SMILES string of the molecule is CCN1CCC(N(Cc2ccc(-c3ccccc3)c(C(F)(F)F)c2)C(=O)Cn2c(SCc3cccc(F)c3F)cc(=O)c3ccccc32)CC1. The fourth-order valence-corrected chi connectivity index (χ4v) is 7.62. The van der Waals surface area contributed by atoms with Gasteiger partial charge in [-0.1, -0.05) is 73.7 Å². The van der Waals surface area contributed by atoms with E-state index in [1.165, 1.54) is 24.3 Å². The minimum Gasteiger partial charge on any atom is -0.334 e. The Balaban J connectivity index is 1.36. The van der Waals surface area contributed by atoms with Gasteiger partial charge in [0.2, 0.25) is 5.91 Å². The Labute approximate surface area is 291 Å². The zero-order chi connectivity index (χ0) is 35.4. The first-order valence-electron chi connectivity index (χ1n) is 16.5. The number of halogens is 5. The zero-order valence-electron chi connectivity index (χ0n) is 27.4. The number of amides is 1. The number of alkyl halides is 3. The molecule has 0 N–H and O–H groups in total. The topological polar surface area (TPSA) is 45.5 Å². The van der Waals surface area contributed by atoms with E-state index in [1.54, 1.807) is 70.1 Å². The number of fused-ring (bicyclic) bond motifs is 1. The first-order valence-corrected chi connectivity index (χ1v) is 17.5. The van der Waals surface area contributed by atoms with Crippen LogP contribution in [0.15, 0.2) is 107 Å². The number of carbonyl (C=O) groups excluding carboxylic acids is 1. The Bertz CT molecular complexity index is 2040. The third kappa shape index (κ3) is 7.79. The maximum Gasteiger partial charge on any atom is 0.417 e. The van der Waals surface area contributed by atoms with Crippen molar-refractivity contribution in [2.75, 3.05) is 19.6 Å². The predicted molar refractivity (Wildman–Crippen MR) is 187 cm³/mol. The molecule has 0 atom stereocenters. The molecule has 1 amide bonds. The molecule has 1 fully saturated rings. The van der Waals surface area contributed by atoms with Crippen LogP contribution in [0.2, 0.25) is 0 Å². The van der Waals surface area contributed by atoms with Crippen LogP contribution in [-0.4, -0.2) is 46.0 Å². The van der Waals surface area contributed by atoms with Crippen molar-refractivity contribution in [3.63, 3.8) is 0 Å². The number of carbonyl (C=O) groups is 1. The summed E-state index contributed by atoms with van der Waals surface area (Å²) >= 11 is 1.11. The van der Waals surface area contributed by atoms with Crippen LogP contribution in [0, 0.1) is 11.6 Å². The van der Waals surface area contributed by atoms with Crippen molar-refractivity contribution < 1.29 is 26.7 Å². The highest BCUT2D eigenvalue weighted by molar-refractivity contribution is 7.98. The van der Waals surface area contributed by atoms with Crippen molar-refractivity contribution in [2.45, 2.75) is 55.9 Å². The van der Waals surface area contributed by atoms with E-state index in [1.807, 2.05) is 0 Å². The third-order valence-electron chi connectivity index (χ3n) is 9.27. The van der Waals surface area contributed by atoms with Gasteiger partial charge in [-0.15, -0.1) is 11.8 Å². The molecule has 5 nitrogen and oxygen atoms in total. The van der Waals surface area contributed by atoms with E-state index in [9.17, 15) is 31.5 Å². The molecule has 5 aromatic rings. The van der Waals surface area contributed by atoms with Gasteiger partial charge in [-0.05, 0) is 60.3 Å². The fourth-order valence-electron chi connectivity index (χ4n) is 6.58. The molecule has 4 aromatic carbocycles. The molecule has 1 aliphatic heterocycles. The van der Waals surface area contributed by atoms with Crippen molar-refractivity contribution in [1.82, 2.24) is 14.4 Å². The number of rotatable bonds is 10. The molecule has 260 valence electrons. The highest BCUT2D eigenvalue weighted by Crippen LogP contribution is 2.38. The van der Waals surface area contributed by atoms with Gasteiger partial charge in [-0.2, -0.15) is 13.2 Å². The number of likely N-dealkylation sites (tertiary alicyclic amines) is 1. The Morgan fingerprint density at radius 2 is 1.62 bits per heavy atom. The van der Waals surface area contributed by atoms with Crippen molar-refractivity contribution in [1.29, 1.82) is 0 Å². The van der Waals surface area contributed by atoms with Crippen molar-refractivity contribution >= 4 is 28.6 Å². The molecular weight excluding hydrogens is 670 g/mol. The molecule has 0 radical (unpaired) electrons. The molecule has 1 saturated heterocycles. The quantitative estimate of drug-likeness (QED) is 0.108. The van der Waals surface area contributed by atoms with Crippen molar-refractivity contribution in [2.24, 2.45) is 0 Å². The van der Waals surface area contributed by atoms with E-state index in [-0.39, 0.29) is 47.3 Å². The maximum atomic E-state index is 14.6. The average molecular weight is 706 g/mol. The van der Waals surface area contributed by atoms with Crippen LogP contribution in [0.25, 0.3) is 22.0 Å². The van der Waals surface area contributed by atoms with Gasteiger partial charge >= 0.3 is 6.18 Å². The highest BCUT2D eigenvalue weighted by atomic mass is 32.2. The number of pyridine rings is 1. The number of nitrogens with zero attached hydrogens (tertiary/aromatic N) is 3. The molecule has 2 heterocycles. The van der Waals surface area contributed by atoms with E-state index in [4.69, 9.17) is 0 Å². The van der Waals surface area contributed by atoms with Gasteiger partial charge < -0.3 is 14.4 Å². The van der Waals surface area contributed by atoms with Crippen LogP contribution in [0.3, 0.4) is 0 Å². The summed E-state index contributed by atoms with van der Waals surface area (Å²) in [5, 5.41) is 0.772. The molecule has 11 heteroatoms. The zero-order valence-corrected chi connectivity index (χ0v) is 28.2. The summed E-state index contributed by atoms with van der Waals surface area (Å²) in [5.74, 6) is -2.28. The molecule has 1 aromatic heterocycles. The second-order valence-corrected chi connectivity index (χ2v) is 13.4. The highest BCUT2D eigenvalue weighted by Gasteiger charge is 2.35. The summed E-state index contributed by atoms with van der Waals surface area (Å²) in [6, 6.07) is 24.5. The molecule has 0 aliphatic carbocycles. The smallest absolute Gasteiger partial charge is 0.334 e. The van der Waals surface area contributed by atoms with E-state index in [0.29, 0.717) is 39.9 Å². The lowest BCUT2D eigenvalue weighted by atomic mass is 9.96. The largest absolute Gasteiger partial charge is 0.417 e. The lowest BCUT2D eigenvalue weighted by Gasteiger charge is -2.39. The lowest BCUT2D eigenvalue weighted by molar-refractivity contribution is -0.137. The van der Waals surface area contributed by atoms with Crippen LogP contribution in [0.4, 0.5) is 22.0 Å². The number of thioether (sulfide) groups is 1. The van der Waals surface area contributed by atoms with Gasteiger partial charge in [0, 0.05) is 48.4 Å². The summed E-state index contributed by atoms with van der Waals surface area (Å²) in [7, 11) is 0. The first-order chi connectivity index (χ1) is 24.0. The van der Waals surface area contributed by atoms with Gasteiger partial charge in [0.25, 0.3) is 0 Å². The Morgan fingerprint density at radius 3 is 2.34 bits per heavy atom. The Kier molecular flexibility index (Phi) is 10.7. The van der Waals surface area contributed by atoms with Gasteiger partial charge in [0.15, 0.2) is 17.1 Å². The monoisotopic (exact) mass is 705 g/mol. The van der Waals surface area contributed by atoms with Crippen molar-refractivity contribution in [3.8, 4) is 11.1 Å². The van der Waals surface area contributed by atoms with Crippen LogP contribution in [0.5, 0.6) is 0 Å². The molecular formula is C39H36F5N3O2S. The molecule has 0 bridgehead atoms. The van der Waals surface area contributed by atoms with Crippen LogP contribution >= 0.6 is 11.8 Å².